The number of hydrogen-bond acceptors (Lipinski definition) is 5. The van der Waals surface area contributed by atoms with Gasteiger partial charge in [-0.25, -0.2) is 4.79 Å². The van der Waals surface area contributed by atoms with Crippen molar-refractivity contribution in [2.75, 3.05) is 6.61 Å². The quantitative estimate of drug-likeness (QED) is 0.393. The third-order valence-corrected chi connectivity index (χ3v) is 2.13. The fraction of sp³-hybridized carbons (Fsp3) is 0.667. The van der Waals surface area contributed by atoms with Crippen LogP contribution >= 0.6 is 0 Å². The number of aliphatic hydroxyl groups is 3. The normalized spacial score (nSPS) is 34.9. The van der Waals surface area contributed by atoms with Gasteiger partial charge in [0.1, 0.15) is 12.2 Å². The average molecular weight is 202 g/mol. The van der Waals surface area contributed by atoms with Gasteiger partial charge in [0.15, 0.2) is 0 Å². The highest BCUT2D eigenvalue weighted by molar-refractivity contribution is 5.83. The molecule has 0 aromatic rings. The molecular formula is C9H14O5. The smallest absolute Gasteiger partial charge is 0.330 e. The van der Waals surface area contributed by atoms with Gasteiger partial charge in [-0.2, -0.15) is 0 Å². The predicted molar refractivity (Wildman–Crippen MR) is 47.4 cm³/mol. The van der Waals surface area contributed by atoms with Crippen LogP contribution in [0.3, 0.4) is 0 Å². The molecule has 1 aliphatic rings. The van der Waals surface area contributed by atoms with Crippen LogP contribution in [-0.2, 0) is 9.53 Å². The first-order valence-corrected chi connectivity index (χ1v) is 4.47. The highest BCUT2D eigenvalue weighted by Gasteiger charge is 2.36. The first kappa shape index (κ1) is 11.2. The summed E-state index contributed by atoms with van der Waals surface area (Å²) in [6, 6.07) is 0. The predicted octanol–water partition coefficient (Wildman–Crippen LogP) is -1.04. The third kappa shape index (κ3) is 2.31. The molecule has 0 aromatic carbocycles. The maximum Gasteiger partial charge on any atom is 0.330 e. The van der Waals surface area contributed by atoms with E-state index in [4.69, 9.17) is 0 Å². The lowest BCUT2D eigenvalue weighted by Crippen LogP contribution is -2.28. The van der Waals surface area contributed by atoms with Crippen LogP contribution in [0.2, 0.25) is 0 Å². The van der Waals surface area contributed by atoms with E-state index in [1.54, 1.807) is 6.92 Å². The van der Waals surface area contributed by atoms with Crippen LogP contribution in [0.1, 0.15) is 13.3 Å². The summed E-state index contributed by atoms with van der Waals surface area (Å²) in [6.07, 6.45) is -2.18. The Morgan fingerprint density at radius 3 is 2.64 bits per heavy atom. The van der Waals surface area contributed by atoms with Gasteiger partial charge in [-0.3, -0.25) is 0 Å². The molecule has 0 heterocycles. The average Bonchev–Trinajstić information content (AvgIpc) is 2.34. The summed E-state index contributed by atoms with van der Waals surface area (Å²) in [6.45, 7) is 1.93. The molecule has 14 heavy (non-hydrogen) atoms. The van der Waals surface area contributed by atoms with Crippen molar-refractivity contribution in [3.05, 3.63) is 11.6 Å². The number of aliphatic hydroxyl groups excluding tert-OH is 3. The second kappa shape index (κ2) is 4.54. The van der Waals surface area contributed by atoms with E-state index in [-0.39, 0.29) is 13.0 Å². The van der Waals surface area contributed by atoms with Gasteiger partial charge in [0.25, 0.3) is 0 Å². The first-order valence-electron chi connectivity index (χ1n) is 4.47. The van der Waals surface area contributed by atoms with Crippen molar-refractivity contribution >= 4 is 5.97 Å². The minimum atomic E-state index is -1.21. The van der Waals surface area contributed by atoms with Gasteiger partial charge in [-0.05, 0) is 12.5 Å². The summed E-state index contributed by atoms with van der Waals surface area (Å²) in [5.41, 5.74) is 0.309. The molecule has 1 saturated carbocycles. The lowest BCUT2D eigenvalue weighted by atomic mass is 10.2. The molecular weight excluding hydrogens is 188 g/mol. The molecule has 0 radical (unpaired) electrons. The number of carbonyl (C=O) groups excluding carboxylic acids is 1. The zero-order chi connectivity index (χ0) is 10.7. The zero-order valence-electron chi connectivity index (χ0n) is 7.88. The summed E-state index contributed by atoms with van der Waals surface area (Å²) in [5.74, 6) is -0.567. The van der Waals surface area contributed by atoms with E-state index >= 15 is 0 Å². The van der Waals surface area contributed by atoms with Crippen LogP contribution in [0, 0.1) is 0 Å². The molecule has 0 unspecified atom stereocenters. The SMILES string of the molecule is CCOC(=O)/C=C1\C[C@H](O)[C@@H](O)[C@H]1O. The molecule has 1 rings (SSSR count). The van der Waals surface area contributed by atoms with Gasteiger partial charge in [0.05, 0.1) is 12.7 Å². The maximum absolute atomic E-state index is 11.0. The second-order valence-electron chi connectivity index (χ2n) is 3.18. The molecule has 3 atom stereocenters. The van der Waals surface area contributed by atoms with Gasteiger partial charge in [0, 0.05) is 12.5 Å². The third-order valence-electron chi connectivity index (χ3n) is 2.13. The van der Waals surface area contributed by atoms with Crippen LogP contribution in [0.4, 0.5) is 0 Å². The number of ether oxygens (including phenoxy) is 1. The summed E-state index contributed by atoms with van der Waals surface area (Å²) in [7, 11) is 0. The van der Waals surface area contributed by atoms with E-state index < -0.39 is 24.3 Å². The molecule has 80 valence electrons. The molecule has 5 heteroatoms. The molecule has 0 aromatic heterocycles. The summed E-state index contributed by atoms with van der Waals surface area (Å²) >= 11 is 0. The Labute approximate surface area is 81.6 Å². The highest BCUT2D eigenvalue weighted by Crippen LogP contribution is 2.25. The van der Waals surface area contributed by atoms with Crippen LogP contribution in [0.15, 0.2) is 11.6 Å². The van der Waals surface area contributed by atoms with Crippen LogP contribution in [-0.4, -0.2) is 46.2 Å². The van der Waals surface area contributed by atoms with Crippen molar-refractivity contribution in [3.63, 3.8) is 0 Å². The Bertz CT molecular complexity index is 248. The van der Waals surface area contributed by atoms with E-state index in [1.165, 1.54) is 0 Å². The molecule has 0 aliphatic heterocycles. The molecule has 1 fully saturated rings. The first-order chi connectivity index (χ1) is 6.56. The van der Waals surface area contributed by atoms with Gasteiger partial charge in [-0.15, -0.1) is 0 Å². The molecule has 0 amide bonds. The Morgan fingerprint density at radius 2 is 2.21 bits per heavy atom. The molecule has 1 aliphatic carbocycles. The van der Waals surface area contributed by atoms with E-state index in [1.807, 2.05) is 0 Å². The minimum absolute atomic E-state index is 0.0984. The molecule has 3 N–H and O–H groups in total. The number of hydrogen-bond donors (Lipinski definition) is 3. The van der Waals surface area contributed by atoms with Crippen molar-refractivity contribution in [2.24, 2.45) is 0 Å². The topological polar surface area (TPSA) is 87.0 Å². The molecule has 0 spiro atoms. The number of esters is 1. The highest BCUT2D eigenvalue weighted by atomic mass is 16.5. The Balaban J connectivity index is 2.65. The summed E-state index contributed by atoms with van der Waals surface area (Å²) < 4.78 is 4.63. The van der Waals surface area contributed by atoms with Crippen LogP contribution < -0.4 is 0 Å². The van der Waals surface area contributed by atoms with Crippen molar-refractivity contribution in [3.8, 4) is 0 Å². The lowest BCUT2D eigenvalue weighted by molar-refractivity contribution is -0.137. The zero-order valence-corrected chi connectivity index (χ0v) is 7.88. The molecule has 0 saturated heterocycles. The van der Waals surface area contributed by atoms with Gasteiger partial charge in [0.2, 0.25) is 0 Å². The van der Waals surface area contributed by atoms with Crippen LogP contribution in [0.5, 0.6) is 0 Å². The van der Waals surface area contributed by atoms with E-state index in [0.29, 0.717) is 5.57 Å². The standard InChI is InChI=1S/C9H14O5/c1-2-14-7(11)4-5-3-6(10)9(13)8(5)12/h4,6,8-10,12-13H,2-3H2,1H3/b5-4+/t6-,8-,9+/m0/s1. The Morgan fingerprint density at radius 1 is 1.57 bits per heavy atom. The van der Waals surface area contributed by atoms with E-state index in [0.717, 1.165) is 6.08 Å². The van der Waals surface area contributed by atoms with E-state index in [9.17, 15) is 20.1 Å². The van der Waals surface area contributed by atoms with Crippen molar-refractivity contribution in [1.82, 2.24) is 0 Å². The van der Waals surface area contributed by atoms with Crippen molar-refractivity contribution in [1.29, 1.82) is 0 Å². The minimum Gasteiger partial charge on any atom is -0.463 e. The fourth-order valence-corrected chi connectivity index (χ4v) is 1.39. The van der Waals surface area contributed by atoms with Gasteiger partial charge >= 0.3 is 5.97 Å². The molecule has 0 bridgehead atoms. The van der Waals surface area contributed by atoms with Crippen LogP contribution in [0.25, 0.3) is 0 Å². The maximum atomic E-state index is 11.0. The second-order valence-corrected chi connectivity index (χ2v) is 3.18. The van der Waals surface area contributed by atoms with E-state index in [2.05, 4.69) is 4.74 Å². The van der Waals surface area contributed by atoms with Crippen molar-refractivity contribution < 1.29 is 24.9 Å². The molecule has 5 nitrogen and oxygen atoms in total. The Kier molecular flexibility index (Phi) is 3.62. The largest absolute Gasteiger partial charge is 0.463 e. The summed E-state index contributed by atoms with van der Waals surface area (Å²) in [4.78, 5) is 11.0. The monoisotopic (exact) mass is 202 g/mol. The Hall–Kier alpha value is -0.910. The van der Waals surface area contributed by atoms with Gasteiger partial charge in [-0.1, -0.05) is 0 Å². The van der Waals surface area contributed by atoms with Gasteiger partial charge < -0.3 is 20.1 Å². The number of carbonyl (C=O) groups is 1. The fourth-order valence-electron chi connectivity index (χ4n) is 1.39. The number of rotatable bonds is 2. The summed E-state index contributed by atoms with van der Waals surface area (Å²) in [5, 5.41) is 27.7. The lowest BCUT2D eigenvalue weighted by Gasteiger charge is -2.09. The van der Waals surface area contributed by atoms with Crippen molar-refractivity contribution in [2.45, 2.75) is 31.7 Å².